The SMILES string of the molecule is CCc1ccc(C(C)NC(=O)C2CCN(Cc3cn(C)c4ccccc34)CC2)cc1. The summed E-state index contributed by atoms with van der Waals surface area (Å²) < 4.78 is 2.21. The molecule has 1 aromatic heterocycles. The van der Waals surface area contributed by atoms with Crippen molar-refractivity contribution in [2.45, 2.75) is 45.7 Å². The van der Waals surface area contributed by atoms with Crippen LogP contribution < -0.4 is 5.32 Å². The number of hydrogen-bond acceptors (Lipinski definition) is 2. The van der Waals surface area contributed by atoms with Crippen LogP contribution in [0.2, 0.25) is 0 Å². The molecule has 4 heteroatoms. The largest absolute Gasteiger partial charge is 0.350 e. The Kier molecular flexibility index (Phi) is 6.24. The number of rotatable bonds is 6. The molecule has 0 aliphatic carbocycles. The average Bonchev–Trinajstić information content (AvgIpc) is 3.09. The summed E-state index contributed by atoms with van der Waals surface area (Å²) in [5.41, 5.74) is 5.16. The Balaban J connectivity index is 1.30. The van der Waals surface area contributed by atoms with Crippen molar-refractivity contribution in [3.05, 3.63) is 71.4 Å². The lowest BCUT2D eigenvalue weighted by molar-refractivity contribution is -0.127. The summed E-state index contributed by atoms with van der Waals surface area (Å²) in [7, 11) is 2.11. The minimum Gasteiger partial charge on any atom is -0.350 e. The summed E-state index contributed by atoms with van der Waals surface area (Å²) in [6, 6.07) is 17.2. The van der Waals surface area contributed by atoms with Crippen molar-refractivity contribution < 1.29 is 4.79 Å². The van der Waals surface area contributed by atoms with Gasteiger partial charge < -0.3 is 9.88 Å². The van der Waals surface area contributed by atoms with Crippen molar-refractivity contribution in [1.82, 2.24) is 14.8 Å². The maximum atomic E-state index is 12.8. The zero-order valence-corrected chi connectivity index (χ0v) is 18.4. The number of likely N-dealkylation sites (tertiary alicyclic amines) is 1. The van der Waals surface area contributed by atoms with Crippen molar-refractivity contribution in [3.8, 4) is 0 Å². The molecule has 158 valence electrons. The van der Waals surface area contributed by atoms with E-state index in [4.69, 9.17) is 0 Å². The molecule has 1 amide bonds. The Labute approximate surface area is 179 Å². The van der Waals surface area contributed by atoms with Gasteiger partial charge in [0.25, 0.3) is 0 Å². The first-order valence-corrected chi connectivity index (χ1v) is 11.2. The van der Waals surface area contributed by atoms with Gasteiger partial charge in [-0.15, -0.1) is 0 Å². The van der Waals surface area contributed by atoms with E-state index in [0.29, 0.717) is 0 Å². The molecule has 1 saturated heterocycles. The maximum absolute atomic E-state index is 12.8. The summed E-state index contributed by atoms with van der Waals surface area (Å²) in [4.78, 5) is 15.3. The molecule has 0 spiro atoms. The van der Waals surface area contributed by atoms with Gasteiger partial charge in [-0.25, -0.2) is 0 Å². The van der Waals surface area contributed by atoms with Gasteiger partial charge >= 0.3 is 0 Å². The number of hydrogen-bond donors (Lipinski definition) is 1. The molecule has 1 fully saturated rings. The highest BCUT2D eigenvalue weighted by Crippen LogP contribution is 2.25. The summed E-state index contributed by atoms with van der Waals surface area (Å²) in [5, 5.41) is 4.57. The molecule has 1 aliphatic heterocycles. The number of carbonyl (C=O) groups is 1. The van der Waals surface area contributed by atoms with E-state index in [-0.39, 0.29) is 17.9 Å². The van der Waals surface area contributed by atoms with Crippen molar-refractivity contribution in [2.75, 3.05) is 13.1 Å². The Morgan fingerprint density at radius 3 is 2.50 bits per heavy atom. The van der Waals surface area contributed by atoms with Crippen LogP contribution in [0.15, 0.2) is 54.7 Å². The van der Waals surface area contributed by atoms with Gasteiger partial charge in [0.05, 0.1) is 6.04 Å². The number of amides is 1. The van der Waals surface area contributed by atoms with Crippen LogP contribution in [0.5, 0.6) is 0 Å². The summed E-state index contributed by atoms with van der Waals surface area (Å²) in [5.74, 6) is 0.318. The third-order valence-electron chi connectivity index (χ3n) is 6.58. The van der Waals surface area contributed by atoms with Crippen molar-refractivity contribution in [1.29, 1.82) is 0 Å². The molecular weight excluding hydrogens is 370 g/mol. The fourth-order valence-corrected chi connectivity index (χ4v) is 4.60. The fourth-order valence-electron chi connectivity index (χ4n) is 4.60. The first-order valence-electron chi connectivity index (χ1n) is 11.2. The van der Waals surface area contributed by atoms with E-state index in [1.807, 2.05) is 0 Å². The third-order valence-corrected chi connectivity index (χ3v) is 6.58. The second kappa shape index (κ2) is 9.05. The number of aromatic nitrogens is 1. The number of aryl methyl sites for hydroxylation is 2. The minimum absolute atomic E-state index is 0.0529. The van der Waals surface area contributed by atoms with Crippen molar-refractivity contribution in [2.24, 2.45) is 13.0 Å². The molecule has 1 unspecified atom stereocenters. The van der Waals surface area contributed by atoms with Crippen LogP contribution in [0.3, 0.4) is 0 Å². The van der Waals surface area contributed by atoms with E-state index in [0.717, 1.165) is 38.9 Å². The van der Waals surface area contributed by atoms with E-state index in [1.165, 1.54) is 27.6 Å². The normalized spacial score (nSPS) is 16.6. The van der Waals surface area contributed by atoms with Crippen LogP contribution >= 0.6 is 0 Å². The second-order valence-electron chi connectivity index (χ2n) is 8.66. The zero-order valence-electron chi connectivity index (χ0n) is 18.4. The second-order valence-corrected chi connectivity index (χ2v) is 8.66. The lowest BCUT2D eigenvalue weighted by atomic mass is 9.94. The minimum atomic E-state index is 0.0529. The van der Waals surface area contributed by atoms with Crippen LogP contribution in [0.1, 0.15) is 49.4 Å². The molecule has 1 N–H and O–H groups in total. The smallest absolute Gasteiger partial charge is 0.223 e. The number of piperidine rings is 1. The molecule has 4 nitrogen and oxygen atoms in total. The van der Waals surface area contributed by atoms with E-state index < -0.39 is 0 Å². The van der Waals surface area contributed by atoms with Crippen molar-refractivity contribution in [3.63, 3.8) is 0 Å². The highest BCUT2D eigenvalue weighted by Gasteiger charge is 2.26. The van der Waals surface area contributed by atoms with Crippen LogP contribution in [-0.4, -0.2) is 28.5 Å². The Bertz CT molecular complexity index is 997. The van der Waals surface area contributed by atoms with E-state index in [1.54, 1.807) is 0 Å². The Morgan fingerprint density at radius 1 is 1.10 bits per heavy atom. The standard InChI is InChI=1S/C26H33N3O/c1-4-20-9-11-21(12-10-20)19(2)27-26(30)22-13-15-29(16-14-22)18-23-17-28(3)25-8-6-5-7-24(23)25/h5-12,17,19,22H,4,13-16,18H2,1-3H3,(H,27,30). The first kappa shape index (κ1) is 20.7. The van der Waals surface area contributed by atoms with Crippen LogP contribution in [0, 0.1) is 5.92 Å². The van der Waals surface area contributed by atoms with Gasteiger partial charge in [-0.2, -0.15) is 0 Å². The number of para-hydroxylation sites is 1. The van der Waals surface area contributed by atoms with Gasteiger partial charge in [0, 0.05) is 36.6 Å². The molecule has 3 aromatic rings. The average molecular weight is 404 g/mol. The van der Waals surface area contributed by atoms with Crippen LogP contribution in [0.4, 0.5) is 0 Å². The van der Waals surface area contributed by atoms with Crippen molar-refractivity contribution >= 4 is 16.8 Å². The molecule has 30 heavy (non-hydrogen) atoms. The number of benzene rings is 2. The lowest BCUT2D eigenvalue weighted by Crippen LogP contribution is -2.40. The van der Waals surface area contributed by atoms with Gasteiger partial charge in [-0.1, -0.05) is 49.4 Å². The number of fused-ring (bicyclic) bond motifs is 1. The maximum Gasteiger partial charge on any atom is 0.223 e. The number of carbonyl (C=O) groups excluding carboxylic acids is 1. The highest BCUT2D eigenvalue weighted by molar-refractivity contribution is 5.83. The van der Waals surface area contributed by atoms with E-state index in [9.17, 15) is 4.79 Å². The zero-order chi connectivity index (χ0) is 21.1. The molecular formula is C26H33N3O. The van der Waals surface area contributed by atoms with Gasteiger partial charge in [0.2, 0.25) is 5.91 Å². The fraction of sp³-hybridized carbons (Fsp3) is 0.423. The molecule has 0 radical (unpaired) electrons. The van der Waals surface area contributed by atoms with E-state index >= 15 is 0 Å². The monoisotopic (exact) mass is 403 g/mol. The predicted octanol–water partition coefficient (Wildman–Crippen LogP) is 4.83. The highest BCUT2D eigenvalue weighted by atomic mass is 16.1. The quantitative estimate of drug-likeness (QED) is 0.640. The molecule has 0 bridgehead atoms. The topological polar surface area (TPSA) is 37.3 Å². The van der Waals surface area contributed by atoms with Gasteiger partial charge in [-0.05, 0) is 62.0 Å². The van der Waals surface area contributed by atoms with Gasteiger partial charge in [-0.3, -0.25) is 9.69 Å². The number of nitrogens with zero attached hydrogens (tertiary/aromatic N) is 2. The third kappa shape index (κ3) is 4.44. The molecule has 1 aliphatic rings. The first-order chi connectivity index (χ1) is 14.5. The Hall–Kier alpha value is -2.59. The number of nitrogens with one attached hydrogen (secondary N) is 1. The molecule has 2 aromatic carbocycles. The molecule has 0 saturated carbocycles. The summed E-state index contributed by atoms with van der Waals surface area (Å²) in [6.45, 7) is 7.14. The summed E-state index contributed by atoms with van der Waals surface area (Å²) in [6.07, 6.45) is 5.14. The van der Waals surface area contributed by atoms with Crippen LogP contribution in [0.25, 0.3) is 10.9 Å². The van der Waals surface area contributed by atoms with Gasteiger partial charge in [0.15, 0.2) is 0 Å². The lowest BCUT2D eigenvalue weighted by Gasteiger charge is -2.31. The molecule has 2 heterocycles. The molecule has 1 atom stereocenters. The van der Waals surface area contributed by atoms with Crippen LogP contribution in [-0.2, 0) is 24.8 Å². The van der Waals surface area contributed by atoms with Gasteiger partial charge in [0.1, 0.15) is 0 Å². The Morgan fingerprint density at radius 2 is 1.80 bits per heavy atom. The summed E-state index contributed by atoms with van der Waals surface area (Å²) >= 11 is 0. The molecule has 4 rings (SSSR count). The predicted molar refractivity (Wildman–Crippen MR) is 123 cm³/mol. The van der Waals surface area contributed by atoms with E-state index in [2.05, 4.69) is 90.4 Å².